The minimum absolute atomic E-state index is 0.0881. The Kier molecular flexibility index (Phi) is 5.43. The fourth-order valence-electron chi connectivity index (χ4n) is 5.52. The van der Waals surface area contributed by atoms with Crippen LogP contribution in [0.4, 0.5) is 0 Å². The Labute approximate surface area is 166 Å². The van der Waals surface area contributed by atoms with Gasteiger partial charge in [-0.1, -0.05) is 31.4 Å². The zero-order chi connectivity index (χ0) is 19.7. The Balaban J connectivity index is 1.42. The summed E-state index contributed by atoms with van der Waals surface area (Å²) in [6.07, 6.45) is 6.34. The van der Waals surface area contributed by atoms with Gasteiger partial charge < -0.3 is 10.4 Å². The second-order valence-electron chi connectivity index (χ2n) is 8.83. The van der Waals surface area contributed by atoms with Crippen molar-refractivity contribution in [3.63, 3.8) is 0 Å². The van der Waals surface area contributed by atoms with Gasteiger partial charge in [-0.15, -0.1) is 0 Å². The molecule has 6 heteroatoms. The Hall–Kier alpha value is -1.92. The van der Waals surface area contributed by atoms with Gasteiger partial charge in [-0.25, -0.2) is 0 Å². The highest BCUT2D eigenvalue weighted by atomic mass is 16.4. The van der Waals surface area contributed by atoms with E-state index in [9.17, 15) is 14.7 Å². The van der Waals surface area contributed by atoms with E-state index >= 15 is 0 Å². The van der Waals surface area contributed by atoms with Crippen molar-refractivity contribution in [3.8, 4) is 0 Å². The number of aliphatic carboxylic acids is 1. The third-order valence-electron chi connectivity index (χ3n) is 7.07. The number of nitrogens with one attached hydrogen (secondary N) is 1. The molecule has 2 N–H and O–H groups in total. The molecular weight excluding hydrogens is 354 g/mol. The molecule has 1 unspecified atom stereocenters. The molecule has 4 rings (SSSR count). The molecule has 6 nitrogen and oxygen atoms in total. The lowest BCUT2D eigenvalue weighted by atomic mass is 9.81. The maximum Gasteiger partial charge on any atom is 0.312 e. The van der Waals surface area contributed by atoms with Gasteiger partial charge in [0.15, 0.2) is 0 Å². The number of fused-ring (bicyclic) bond motifs is 1. The molecule has 2 heterocycles. The van der Waals surface area contributed by atoms with Gasteiger partial charge in [0.25, 0.3) is 5.91 Å². The number of nitrogens with zero attached hydrogens (tertiary/aromatic N) is 2. The van der Waals surface area contributed by atoms with Crippen molar-refractivity contribution in [2.45, 2.75) is 44.7 Å². The normalized spacial score (nSPS) is 29.0. The molecule has 1 aromatic carbocycles. The van der Waals surface area contributed by atoms with Gasteiger partial charge in [0.2, 0.25) is 0 Å². The molecule has 0 radical (unpaired) electrons. The lowest BCUT2D eigenvalue weighted by Crippen LogP contribution is -2.43. The first-order valence-electron chi connectivity index (χ1n) is 10.5. The summed E-state index contributed by atoms with van der Waals surface area (Å²) in [6, 6.07) is 8.20. The van der Waals surface area contributed by atoms with Gasteiger partial charge in [-0.05, 0) is 30.5 Å². The molecule has 2 atom stereocenters. The highest BCUT2D eigenvalue weighted by Gasteiger charge is 2.58. The summed E-state index contributed by atoms with van der Waals surface area (Å²) in [5, 5.41) is 12.7. The summed E-state index contributed by atoms with van der Waals surface area (Å²) in [4.78, 5) is 28.7. The molecule has 1 aliphatic carbocycles. The number of carboxylic acid groups (broad SMARTS) is 1. The molecule has 0 bridgehead atoms. The largest absolute Gasteiger partial charge is 0.481 e. The van der Waals surface area contributed by atoms with Crippen LogP contribution in [0, 0.1) is 11.3 Å². The van der Waals surface area contributed by atoms with Crippen LogP contribution in [0.1, 0.15) is 48.0 Å². The van der Waals surface area contributed by atoms with Crippen LogP contribution in [0.25, 0.3) is 0 Å². The zero-order valence-corrected chi connectivity index (χ0v) is 16.7. The van der Waals surface area contributed by atoms with Crippen molar-refractivity contribution >= 4 is 11.9 Å². The van der Waals surface area contributed by atoms with Crippen molar-refractivity contribution in [3.05, 3.63) is 35.4 Å². The summed E-state index contributed by atoms with van der Waals surface area (Å²) >= 11 is 0. The fourth-order valence-corrected chi connectivity index (χ4v) is 5.52. The third-order valence-corrected chi connectivity index (χ3v) is 7.07. The molecule has 3 fully saturated rings. The number of hydrogen-bond acceptors (Lipinski definition) is 4. The van der Waals surface area contributed by atoms with Gasteiger partial charge in [-0.3, -0.25) is 19.4 Å². The lowest BCUT2D eigenvalue weighted by molar-refractivity contribution is -0.149. The maximum absolute atomic E-state index is 12.3. The first-order valence-corrected chi connectivity index (χ1v) is 10.5. The number of carbonyl (C=O) groups is 2. The van der Waals surface area contributed by atoms with Gasteiger partial charge >= 0.3 is 5.97 Å². The average Bonchev–Trinajstić information content (AvgIpc) is 3.24. The first kappa shape index (κ1) is 19.4. The SMILES string of the molecule is CNC(=O)c1ccc(CN2CC3CN(C4CCCCC4)C[C@@]3(C(=O)O)C2)cc1. The summed E-state index contributed by atoms with van der Waals surface area (Å²) in [6.45, 7) is 3.82. The highest BCUT2D eigenvalue weighted by Crippen LogP contribution is 2.45. The van der Waals surface area contributed by atoms with Crippen molar-refractivity contribution < 1.29 is 14.7 Å². The summed E-state index contributed by atoms with van der Waals surface area (Å²) in [7, 11) is 1.63. The Morgan fingerprint density at radius 1 is 1.11 bits per heavy atom. The van der Waals surface area contributed by atoms with E-state index in [0.717, 1.165) is 25.2 Å². The number of amides is 1. The number of rotatable bonds is 5. The number of hydrogen-bond donors (Lipinski definition) is 2. The van der Waals surface area contributed by atoms with Crippen molar-refractivity contribution in [2.24, 2.45) is 11.3 Å². The highest BCUT2D eigenvalue weighted by molar-refractivity contribution is 5.93. The van der Waals surface area contributed by atoms with Crippen LogP contribution in [-0.2, 0) is 11.3 Å². The van der Waals surface area contributed by atoms with Crippen molar-refractivity contribution in [1.29, 1.82) is 0 Å². The minimum atomic E-state index is -0.631. The molecule has 1 amide bonds. The van der Waals surface area contributed by atoms with E-state index in [-0.39, 0.29) is 11.8 Å². The summed E-state index contributed by atoms with van der Waals surface area (Å²) < 4.78 is 0. The number of likely N-dealkylation sites (tertiary alicyclic amines) is 2. The van der Waals surface area contributed by atoms with Gasteiger partial charge in [-0.2, -0.15) is 0 Å². The summed E-state index contributed by atoms with van der Waals surface area (Å²) in [5.41, 5.74) is 1.14. The number of benzene rings is 1. The Bertz CT molecular complexity index is 729. The van der Waals surface area contributed by atoms with Crippen LogP contribution in [0.15, 0.2) is 24.3 Å². The predicted molar refractivity (Wildman–Crippen MR) is 107 cm³/mol. The molecule has 28 heavy (non-hydrogen) atoms. The minimum Gasteiger partial charge on any atom is -0.481 e. The molecule has 0 spiro atoms. The van der Waals surface area contributed by atoms with Crippen LogP contribution in [-0.4, -0.2) is 66.1 Å². The van der Waals surface area contributed by atoms with Crippen molar-refractivity contribution in [1.82, 2.24) is 15.1 Å². The first-order chi connectivity index (χ1) is 13.5. The summed E-state index contributed by atoms with van der Waals surface area (Å²) in [5.74, 6) is -0.514. The quantitative estimate of drug-likeness (QED) is 0.813. The van der Waals surface area contributed by atoms with Crippen LogP contribution in [0.3, 0.4) is 0 Å². The maximum atomic E-state index is 12.3. The second kappa shape index (κ2) is 7.84. The molecule has 1 saturated carbocycles. The topological polar surface area (TPSA) is 72.9 Å². The average molecular weight is 386 g/mol. The Morgan fingerprint density at radius 3 is 2.43 bits per heavy atom. The van der Waals surface area contributed by atoms with Gasteiger partial charge in [0.1, 0.15) is 0 Å². The third kappa shape index (κ3) is 3.55. The molecule has 2 saturated heterocycles. The smallest absolute Gasteiger partial charge is 0.312 e. The predicted octanol–water partition coefficient (Wildman–Crippen LogP) is 2.20. The molecule has 3 aliphatic rings. The molecule has 152 valence electrons. The lowest BCUT2D eigenvalue weighted by Gasteiger charge is -2.33. The monoisotopic (exact) mass is 385 g/mol. The van der Waals surface area contributed by atoms with E-state index in [2.05, 4.69) is 15.1 Å². The second-order valence-corrected chi connectivity index (χ2v) is 8.83. The van der Waals surface area contributed by atoms with Gasteiger partial charge in [0, 0.05) is 57.3 Å². The standard InChI is InChI=1S/C22H31N3O3/c1-23-20(26)17-9-7-16(8-10-17)11-24-12-18-13-25(19-5-3-2-4-6-19)15-22(18,14-24)21(27)28/h7-10,18-19H,2-6,11-15H2,1H3,(H,23,26)(H,27,28)/t18?,22-/m0/s1. The van der Waals surface area contributed by atoms with Crippen LogP contribution >= 0.6 is 0 Å². The van der Waals surface area contributed by atoms with Crippen LogP contribution < -0.4 is 5.32 Å². The van der Waals surface area contributed by atoms with E-state index in [0.29, 0.717) is 24.7 Å². The fraction of sp³-hybridized carbons (Fsp3) is 0.636. The Morgan fingerprint density at radius 2 is 1.82 bits per heavy atom. The van der Waals surface area contributed by atoms with E-state index in [1.165, 1.54) is 32.1 Å². The van der Waals surface area contributed by atoms with E-state index in [1.807, 2.05) is 24.3 Å². The molecule has 2 aliphatic heterocycles. The van der Waals surface area contributed by atoms with Crippen LogP contribution in [0.5, 0.6) is 0 Å². The molecule has 1 aromatic rings. The van der Waals surface area contributed by atoms with E-state index in [1.54, 1.807) is 7.05 Å². The van der Waals surface area contributed by atoms with Crippen LogP contribution in [0.2, 0.25) is 0 Å². The molecular formula is C22H31N3O3. The van der Waals surface area contributed by atoms with E-state index in [4.69, 9.17) is 0 Å². The van der Waals surface area contributed by atoms with Crippen molar-refractivity contribution in [2.75, 3.05) is 33.2 Å². The molecule has 0 aromatic heterocycles. The van der Waals surface area contributed by atoms with Gasteiger partial charge in [0.05, 0.1) is 5.41 Å². The number of carboxylic acids is 1. The van der Waals surface area contributed by atoms with E-state index < -0.39 is 11.4 Å². The number of carbonyl (C=O) groups excluding carboxylic acids is 1. The zero-order valence-electron chi connectivity index (χ0n) is 16.7.